The molecule has 2 saturated carbocycles. The normalized spacial score (nSPS) is 21.2. The summed E-state index contributed by atoms with van der Waals surface area (Å²) in [5, 5.41) is 0.671. The summed E-state index contributed by atoms with van der Waals surface area (Å²) in [6.45, 7) is 0. The largest absolute Gasteiger partial charge is 0.493 e. The number of para-hydroxylation sites is 1. The number of amides is 1. The first-order valence-electron chi connectivity index (χ1n) is 12.4. The molecule has 1 spiro atoms. The number of carbonyl (C=O) groups is 1. The van der Waals surface area contributed by atoms with Crippen molar-refractivity contribution in [1.82, 2.24) is 0 Å². The fourth-order valence-electron chi connectivity index (χ4n) is 5.40. The zero-order valence-electron chi connectivity index (χ0n) is 19.7. The predicted molar refractivity (Wildman–Crippen MR) is 134 cm³/mol. The minimum atomic E-state index is -0.132. The highest BCUT2D eigenvalue weighted by atomic mass is 35.5. The summed E-state index contributed by atoms with van der Waals surface area (Å²) in [7, 11) is 1.66. The van der Waals surface area contributed by atoms with Gasteiger partial charge >= 0.3 is 0 Å². The van der Waals surface area contributed by atoms with E-state index in [2.05, 4.69) is 4.99 Å². The molecule has 1 amide bonds. The van der Waals surface area contributed by atoms with Gasteiger partial charge in [0.25, 0.3) is 0 Å². The van der Waals surface area contributed by atoms with E-state index < -0.39 is 0 Å². The third kappa shape index (κ3) is 4.95. The summed E-state index contributed by atoms with van der Waals surface area (Å²) >= 11 is 6.25. The second-order valence-corrected chi connectivity index (χ2v) is 10.2. The van der Waals surface area contributed by atoms with Crippen LogP contribution in [0.1, 0.15) is 74.8 Å². The lowest BCUT2D eigenvalue weighted by molar-refractivity contribution is -0.117. The smallest absolute Gasteiger partial charge is 0.245 e. The van der Waals surface area contributed by atoms with E-state index in [1.165, 1.54) is 19.3 Å². The lowest BCUT2D eigenvalue weighted by Crippen LogP contribution is -2.47. The van der Waals surface area contributed by atoms with Crippen LogP contribution in [0.25, 0.3) is 0 Å². The highest BCUT2D eigenvalue weighted by Crippen LogP contribution is 2.49. The van der Waals surface area contributed by atoms with Crippen LogP contribution in [0.15, 0.2) is 41.4 Å². The van der Waals surface area contributed by atoms with E-state index in [9.17, 15) is 4.79 Å². The van der Waals surface area contributed by atoms with Gasteiger partial charge in [0.1, 0.15) is 11.4 Å². The number of hydrogen-bond acceptors (Lipinski definition) is 4. The van der Waals surface area contributed by atoms with Crippen molar-refractivity contribution in [3.63, 3.8) is 0 Å². The number of aliphatic imine (C=N–C) groups is 1. The monoisotopic (exact) mass is 481 g/mol. The molecule has 2 aromatic rings. The predicted octanol–water partition coefficient (Wildman–Crippen LogP) is 6.69. The average molecular weight is 482 g/mol. The van der Waals surface area contributed by atoms with Gasteiger partial charge in [-0.15, -0.1) is 0 Å². The SMILES string of the molecule is COc1cccc(CCC(=O)N=CC2CC3(CCC3)Oc3ccc(Cl)cc32)c1OC1CCCC1. The van der Waals surface area contributed by atoms with Gasteiger partial charge in [-0.1, -0.05) is 23.7 Å². The van der Waals surface area contributed by atoms with Crippen molar-refractivity contribution in [1.29, 1.82) is 0 Å². The fourth-order valence-corrected chi connectivity index (χ4v) is 5.58. The molecule has 3 aliphatic rings. The number of rotatable bonds is 7. The molecule has 5 nitrogen and oxygen atoms in total. The Bertz CT molecular complexity index is 1070. The van der Waals surface area contributed by atoms with Crippen molar-refractivity contribution in [3.05, 3.63) is 52.5 Å². The van der Waals surface area contributed by atoms with Crippen LogP contribution in [0.4, 0.5) is 0 Å². The van der Waals surface area contributed by atoms with Crippen molar-refractivity contribution in [3.8, 4) is 17.2 Å². The van der Waals surface area contributed by atoms with Crippen LogP contribution in [-0.2, 0) is 11.2 Å². The van der Waals surface area contributed by atoms with Crippen molar-refractivity contribution in [2.75, 3.05) is 7.11 Å². The molecule has 5 rings (SSSR count). The lowest BCUT2D eigenvalue weighted by atomic mass is 9.71. The molecule has 1 atom stereocenters. The van der Waals surface area contributed by atoms with Crippen LogP contribution in [0, 0.1) is 0 Å². The van der Waals surface area contributed by atoms with Crippen LogP contribution in [0.5, 0.6) is 17.2 Å². The number of hydrogen-bond donors (Lipinski definition) is 0. The van der Waals surface area contributed by atoms with Gasteiger partial charge in [-0.3, -0.25) is 4.79 Å². The minimum Gasteiger partial charge on any atom is -0.493 e. The Balaban J connectivity index is 1.27. The van der Waals surface area contributed by atoms with Gasteiger partial charge < -0.3 is 14.2 Å². The summed E-state index contributed by atoms with van der Waals surface area (Å²) in [4.78, 5) is 17.1. The Morgan fingerprint density at radius 2 is 2.03 bits per heavy atom. The van der Waals surface area contributed by atoms with Crippen LogP contribution in [0.3, 0.4) is 0 Å². The van der Waals surface area contributed by atoms with Crippen molar-refractivity contribution >= 4 is 23.7 Å². The Morgan fingerprint density at radius 3 is 2.76 bits per heavy atom. The maximum atomic E-state index is 12.8. The first kappa shape index (κ1) is 23.2. The molecule has 34 heavy (non-hydrogen) atoms. The van der Waals surface area contributed by atoms with E-state index in [4.69, 9.17) is 25.8 Å². The summed E-state index contributed by atoms with van der Waals surface area (Å²) < 4.78 is 18.2. The van der Waals surface area contributed by atoms with Gasteiger partial charge in [0.2, 0.25) is 5.91 Å². The summed E-state index contributed by atoms with van der Waals surface area (Å²) in [6, 6.07) is 11.6. The lowest BCUT2D eigenvalue weighted by Gasteiger charge is -2.47. The number of benzene rings is 2. The molecule has 2 aliphatic carbocycles. The summed E-state index contributed by atoms with van der Waals surface area (Å²) in [6.07, 6.45) is 11.6. The van der Waals surface area contributed by atoms with Gasteiger partial charge in [0.05, 0.1) is 13.2 Å². The Labute approximate surface area is 206 Å². The van der Waals surface area contributed by atoms with Gasteiger partial charge in [-0.25, -0.2) is 4.99 Å². The standard InChI is InChI=1S/C28H32ClNO4/c1-32-25-9-4-6-19(27(25)33-22-7-2-3-8-22)10-13-26(31)30-18-20-17-28(14-5-15-28)34-24-12-11-21(29)16-23(20)24/h4,6,9,11-12,16,18,20,22H,2-3,5,7-8,10,13-15,17H2,1H3. The zero-order valence-corrected chi connectivity index (χ0v) is 20.5. The topological polar surface area (TPSA) is 57.1 Å². The molecule has 0 saturated heterocycles. The highest BCUT2D eigenvalue weighted by molar-refractivity contribution is 6.30. The number of halogens is 1. The summed E-state index contributed by atoms with van der Waals surface area (Å²) in [5.74, 6) is 2.26. The molecule has 0 aromatic heterocycles. The number of aryl methyl sites for hydroxylation is 1. The average Bonchev–Trinajstić information content (AvgIpc) is 3.34. The number of nitrogens with zero attached hydrogens (tertiary/aromatic N) is 1. The molecule has 1 aliphatic heterocycles. The van der Waals surface area contributed by atoms with E-state index >= 15 is 0 Å². The number of carbonyl (C=O) groups excluding carboxylic acids is 1. The van der Waals surface area contributed by atoms with Crippen LogP contribution in [0.2, 0.25) is 5.02 Å². The van der Waals surface area contributed by atoms with Crippen LogP contribution in [-0.4, -0.2) is 30.9 Å². The molecule has 0 radical (unpaired) electrons. The van der Waals surface area contributed by atoms with Crippen LogP contribution < -0.4 is 14.2 Å². The molecule has 0 N–H and O–H groups in total. The van der Waals surface area contributed by atoms with Gasteiger partial charge in [0, 0.05) is 29.1 Å². The van der Waals surface area contributed by atoms with Gasteiger partial charge in [-0.2, -0.15) is 0 Å². The first-order valence-corrected chi connectivity index (χ1v) is 12.8. The molecular formula is C28H32ClNO4. The quantitative estimate of drug-likeness (QED) is 0.413. The van der Waals surface area contributed by atoms with E-state index in [0.717, 1.165) is 60.5 Å². The van der Waals surface area contributed by atoms with Crippen molar-refractivity contribution in [2.24, 2.45) is 4.99 Å². The maximum absolute atomic E-state index is 12.8. The molecular weight excluding hydrogens is 450 g/mol. The van der Waals surface area contributed by atoms with E-state index in [1.54, 1.807) is 7.11 Å². The first-order chi connectivity index (χ1) is 16.5. The molecule has 0 bridgehead atoms. The molecule has 1 unspecified atom stereocenters. The van der Waals surface area contributed by atoms with Gasteiger partial charge in [0.15, 0.2) is 11.5 Å². The Morgan fingerprint density at radius 1 is 1.21 bits per heavy atom. The minimum absolute atomic E-state index is 0.0322. The molecule has 6 heteroatoms. The van der Waals surface area contributed by atoms with Crippen molar-refractivity contribution in [2.45, 2.75) is 81.8 Å². The summed E-state index contributed by atoms with van der Waals surface area (Å²) in [5.41, 5.74) is 1.89. The van der Waals surface area contributed by atoms with Crippen molar-refractivity contribution < 1.29 is 19.0 Å². The third-order valence-electron chi connectivity index (χ3n) is 7.43. The van der Waals surface area contributed by atoms with Gasteiger partial charge in [-0.05, 0) is 87.6 Å². The second-order valence-electron chi connectivity index (χ2n) is 9.78. The molecule has 1 heterocycles. The third-order valence-corrected chi connectivity index (χ3v) is 7.66. The highest BCUT2D eigenvalue weighted by Gasteiger charge is 2.45. The Hall–Kier alpha value is -2.53. The van der Waals surface area contributed by atoms with E-state index in [-0.39, 0.29) is 23.5 Å². The fraction of sp³-hybridized carbons (Fsp3) is 0.500. The number of ether oxygens (including phenoxy) is 3. The van der Waals surface area contributed by atoms with E-state index in [1.807, 2.05) is 42.6 Å². The van der Waals surface area contributed by atoms with Crippen LogP contribution >= 0.6 is 11.6 Å². The molecule has 2 fully saturated rings. The second kappa shape index (κ2) is 9.99. The number of fused-ring (bicyclic) bond motifs is 1. The zero-order chi connectivity index (χ0) is 23.5. The molecule has 2 aromatic carbocycles. The Kier molecular flexibility index (Phi) is 6.82. The maximum Gasteiger partial charge on any atom is 0.245 e. The molecule has 180 valence electrons. The number of methoxy groups -OCH3 is 1. The van der Waals surface area contributed by atoms with E-state index in [0.29, 0.717) is 17.9 Å².